The average molecular weight is 202 g/mol. The van der Waals surface area contributed by atoms with Crippen LogP contribution in [0.1, 0.15) is 20.3 Å². The molecule has 4 heteroatoms. The second-order valence-electron chi connectivity index (χ2n) is 3.61. The van der Waals surface area contributed by atoms with Gasteiger partial charge in [0.15, 0.2) is 0 Å². The summed E-state index contributed by atoms with van der Waals surface area (Å²) in [7, 11) is 0. The Hall–Kier alpha value is -0.450. The van der Waals surface area contributed by atoms with E-state index in [9.17, 15) is 4.79 Å². The SMILES string of the molecule is CC(C)C(C=O)NCCOCCCN. The molecular formula is C10H22N2O2. The molecule has 14 heavy (non-hydrogen) atoms. The van der Waals surface area contributed by atoms with Crippen molar-refractivity contribution in [1.29, 1.82) is 0 Å². The van der Waals surface area contributed by atoms with E-state index < -0.39 is 0 Å². The van der Waals surface area contributed by atoms with Crippen LogP contribution in [-0.4, -0.2) is 38.6 Å². The third-order valence-corrected chi connectivity index (χ3v) is 1.98. The predicted octanol–water partition coefficient (Wildman–Crippen LogP) is 0.165. The smallest absolute Gasteiger partial charge is 0.137 e. The van der Waals surface area contributed by atoms with Gasteiger partial charge in [0, 0.05) is 13.2 Å². The first-order valence-electron chi connectivity index (χ1n) is 5.18. The lowest BCUT2D eigenvalue weighted by Gasteiger charge is -2.15. The fraction of sp³-hybridized carbons (Fsp3) is 0.900. The van der Waals surface area contributed by atoms with E-state index in [2.05, 4.69) is 5.32 Å². The first-order chi connectivity index (χ1) is 6.72. The standard InChI is InChI=1S/C10H22N2O2/c1-9(2)10(8-13)12-5-7-14-6-3-4-11/h8-10,12H,3-7,11H2,1-2H3. The van der Waals surface area contributed by atoms with Gasteiger partial charge < -0.3 is 20.6 Å². The highest BCUT2D eigenvalue weighted by atomic mass is 16.5. The molecule has 0 aromatic heterocycles. The van der Waals surface area contributed by atoms with E-state index in [-0.39, 0.29) is 6.04 Å². The van der Waals surface area contributed by atoms with E-state index in [1.807, 2.05) is 13.8 Å². The lowest BCUT2D eigenvalue weighted by atomic mass is 10.1. The predicted molar refractivity (Wildman–Crippen MR) is 57.2 cm³/mol. The zero-order chi connectivity index (χ0) is 10.8. The Labute approximate surface area is 86.2 Å². The molecule has 1 unspecified atom stereocenters. The molecule has 0 aromatic carbocycles. The third kappa shape index (κ3) is 7.00. The number of carbonyl (C=O) groups is 1. The van der Waals surface area contributed by atoms with Gasteiger partial charge in [-0.15, -0.1) is 0 Å². The van der Waals surface area contributed by atoms with E-state index in [0.717, 1.165) is 12.7 Å². The second-order valence-corrected chi connectivity index (χ2v) is 3.61. The third-order valence-electron chi connectivity index (χ3n) is 1.98. The molecule has 0 rings (SSSR count). The quantitative estimate of drug-likeness (QED) is 0.413. The lowest BCUT2D eigenvalue weighted by Crippen LogP contribution is -2.37. The molecule has 3 N–H and O–H groups in total. The van der Waals surface area contributed by atoms with E-state index in [1.54, 1.807) is 0 Å². The number of hydrogen-bond acceptors (Lipinski definition) is 4. The van der Waals surface area contributed by atoms with E-state index in [4.69, 9.17) is 10.5 Å². The Balaban J connectivity index is 3.29. The molecule has 4 nitrogen and oxygen atoms in total. The Kier molecular flexibility index (Phi) is 8.83. The van der Waals surface area contributed by atoms with Crippen LogP contribution in [0.2, 0.25) is 0 Å². The number of nitrogens with two attached hydrogens (primary N) is 1. The molecule has 0 saturated heterocycles. The van der Waals surface area contributed by atoms with Gasteiger partial charge in [0.2, 0.25) is 0 Å². The summed E-state index contributed by atoms with van der Waals surface area (Å²) < 4.78 is 5.29. The molecule has 0 aliphatic carbocycles. The van der Waals surface area contributed by atoms with Crippen LogP contribution in [-0.2, 0) is 9.53 Å². The molecule has 0 aliphatic rings. The molecule has 0 saturated carbocycles. The molecule has 0 bridgehead atoms. The monoisotopic (exact) mass is 202 g/mol. The minimum absolute atomic E-state index is 0.0619. The molecular weight excluding hydrogens is 180 g/mol. The van der Waals surface area contributed by atoms with Crippen molar-refractivity contribution in [2.45, 2.75) is 26.3 Å². The fourth-order valence-electron chi connectivity index (χ4n) is 1.03. The largest absolute Gasteiger partial charge is 0.380 e. The van der Waals surface area contributed by atoms with Gasteiger partial charge in [0.1, 0.15) is 6.29 Å². The van der Waals surface area contributed by atoms with Gasteiger partial charge >= 0.3 is 0 Å². The normalized spacial score (nSPS) is 13.1. The lowest BCUT2D eigenvalue weighted by molar-refractivity contribution is -0.110. The number of hydrogen-bond donors (Lipinski definition) is 2. The van der Waals surface area contributed by atoms with Crippen molar-refractivity contribution in [1.82, 2.24) is 5.32 Å². The minimum Gasteiger partial charge on any atom is -0.380 e. The average Bonchev–Trinajstić information content (AvgIpc) is 2.16. The zero-order valence-electron chi connectivity index (χ0n) is 9.16. The van der Waals surface area contributed by atoms with Crippen LogP contribution < -0.4 is 11.1 Å². The first kappa shape index (κ1) is 13.5. The summed E-state index contributed by atoms with van der Waals surface area (Å²) in [4.78, 5) is 10.6. The van der Waals surface area contributed by atoms with Gasteiger partial charge in [-0.3, -0.25) is 0 Å². The van der Waals surface area contributed by atoms with Crippen molar-refractivity contribution >= 4 is 6.29 Å². The number of aldehydes is 1. The molecule has 1 atom stereocenters. The molecule has 0 heterocycles. The molecule has 0 fully saturated rings. The summed E-state index contributed by atoms with van der Waals surface area (Å²) in [5, 5.41) is 3.12. The molecule has 0 aliphatic heterocycles. The first-order valence-corrected chi connectivity index (χ1v) is 5.18. The van der Waals surface area contributed by atoms with Gasteiger partial charge in [-0.05, 0) is 18.9 Å². The van der Waals surface area contributed by atoms with E-state index in [0.29, 0.717) is 32.2 Å². The van der Waals surface area contributed by atoms with Crippen LogP contribution in [0, 0.1) is 5.92 Å². The topological polar surface area (TPSA) is 64.3 Å². The summed E-state index contributed by atoms with van der Waals surface area (Å²) in [5.41, 5.74) is 5.31. The Morgan fingerprint density at radius 1 is 1.43 bits per heavy atom. The highest BCUT2D eigenvalue weighted by Gasteiger charge is 2.09. The van der Waals surface area contributed by atoms with Gasteiger partial charge in [-0.25, -0.2) is 0 Å². The van der Waals surface area contributed by atoms with Gasteiger partial charge in [0.05, 0.1) is 12.6 Å². The van der Waals surface area contributed by atoms with Crippen LogP contribution in [0.5, 0.6) is 0 Å². The summed E-state index contributed by atoms with van der Waals surface area (Å²) in [6.45, 7) is 6.74. The van der Waals surface area contributed by atoms with Crippen LogP contribution in [0.3, 0.4) is 0 Å². The van der Waals surface area contributed by atoms with Gasteiger partial charge in [-0.1, -0.05) is 13.8 Å². The maximum Gasteiger partial charge on any atom is 0.137 e. The summed E-state index contributed by atoms with van der Waals surface area (Å²) in [6, 6.07) is -0.0619. The zero-order valence-corrected chi connectivity index (χ0v) is 9.16. The van der Waals surface area contributed by atoms with Crippen molar-refractivity contribution < 1.29 is 9.53 Å². The van der Waals surface area contributed by atoms with Crippen LogP contribution in [0.25, 0.3) is 0 Å². The number of rotatable bonds is 9. The Morgan fingerprint density at radius 2 is 2.14 bits per heavy atom. The molecule has 0 spiro atoms. The van der Waals surface area contributed by atoms with Crippen molar-refractivity contribution in [3.63, 3.8) is 0 Å². The Bertz CT molecular complexity index is 140. The second kappa shape index (κ2) is 9.12. The van der Waals surface area contributed by atoms with Crippen LogP contribution >= 0.6 is 0 Å². The molecule has 0 aromatic rings. The number of nitrogens with one attached hydrogen (secondary N) is 1. The molecule has 0 radical (unpaired) electrons. The Morgan fingerprint density at radius 3 is 2.64 bits per heavy atom. The van der Waals surface area contributed by atoms with E-state index >= 15 is 0 Å². The summed E-state index contributed by atoms with van der Waals surface area (Å²) >= 11 is 0. The highest BCUT2D eigenvalue weighted by Crippen LogP contribution is 1.97. The molecule has 84 valence electrons. The van der Waals surface area contributed by atoms with E-state index in [1.165, 1.54) is 0 Å². The van der Waals surface area contributed by atoms with Crippen molar-refractivity contribution in [3.05, 3.63) is 0 Å². The number of carbonyl (C=O) groups excluding carboxylic acids is 1. The minimum atomic E-state index is -0.0619. The van der Waals surface area contributed by atoms with Crippen molar-refractivity contribution in [3.8, 4) is 0 Å². The molecule has 0 amide bonds. The van der Waals surface area contributed by atoms with Gasteiger partial charge in [0.25, 0.3) is 0 Å². The van der Waals surface area contributed by atoms with Gasteiger partial charge in [-0.2, -0.15) is 0 Å². The summed E-state index contributed by atoms with van der Waals surface area (Å²) in [5.74, 6) is 0.330. The summed E-state index contributed by atoms with van der Waals surface area (Å²) in [6.07, 6.45) is 1.84. The van der Waals surface area contributed by atoms with Crippen molar-refractivity contribution in [2.24, 2.45) is 11.7 Å². The maximum absolute atomic E-state index is 10.6. The van der Waals surface area contributed by atoms with Crippen LogP contribution in [0.4, 0.5) is 0 Å². The fourth-order valence-corrected chi connectivity index (χ4v) is 1.03. The van der Waals surface area contributed by atoms with Crippen LogP contribution in [0.15, 0.2) is 0 Å². The van der Waals surface area contributed by atoms with Crippen molar-refractivity contribution in [2.75, 3.05) is 26.3 Å². The highest BCUT2D eigenvalue weighted by molar-refractivity contribution is 5.57. The maximum atomic E-state index is 10.6. The number of ether oxygens (including phenoxy) is 1.